The molecular formula is C16H16N4O8S. The predicted octanol–water partition coefficient (Wildman–Crippen LogP) is 1.14. The van der Waals surface area contributed by atoms with E-state index >= 15 is 0 Å². The number of β-lactam (4-membered cyclic amide) rings is 1. The first-order valence-corrected chi connectivity index (χ1v) is 9.17. The van der Waals surface area contributed by atoms with Crippen LogP contribution >= 0.6 is 11.8 Å². The third-order valence-corrected chi connectivity index (χ3v) is 6.72. The number of carbonyl (C=O) groups excluding carboxylic acids is 2. The van der Waals surface area contributed by atoms with E-state index in [4.69, 9.17) is 0 Å². The van der Waals surface area contributed by atoms with Crippen molar-refractivity contribution in [3.8, 4) is 0 Å². The second kappa shape index (κ2) is 6.40. The maximum Gasteiger partial charge on any atom is 0.327 e. The lowest BCUT2D eigenvalue weighted by Gasteiger charge is -2.51. The number of hydrogen-bond acceptors (Lipinski definition) is 8. The van der Waals surface area contributed by atoms with Crippen LogP contribution in [0.25, 0.3) is 0 Å². The summed E-state index contributed by atoms with van der Waals surface area (Å²) in [6, 6.07) is 1.40. The highest BCUT2D eigenvalue weighted by molar-refractivity contribution is 8.01. The molecule has 3 atom stereocenters. The molecule has 154 valence electrons. The van der Waals surface area contributed by atoms with Crippen molar-refractivity contribution in [2.24, 2.45) is 0 Å². The van der Waals surface area contributed by atoms with Crippen LogP contribution in [0.4, 0.5) is 11.4 Å². The first-order chi connectivity index (χ1) is 13.3. The SMILES string of the molecule is CC1(C)S[C@H]2N(C(=O)[C@]2(C)NC(=O)c2cc([N+](=O)[O-])cc([N+](=O)[O-])c2)[C@H]1C(=O)O. The Morgan fingerprint density at radius 2 is 1.66 bits per heavy atom. The molecule has 2 heterocycles. The Morgan fingerprint density at radius 1 is 1.14 bits per heavy atom. The van der Waals surface area contributed by atoms with Crippen molar-refractivity contribution >= 4 is 40.9 Å². The van der Waals surface area contributed by atoms with Gasteiger partial charge in [0.1, 0.15) is 17.0 Å². The summed E-state index contributed by atoms with van der Waals surface area (Å²) in [7, 11) is 0. The number of carboxylic acid groups (broad SMARTS) is 1. The van der Waals surface area contributed by atoms with Crippen LogP contribution in [-0.4, -0.2) is 59.3 Å². The topological polar surface area (TPSA) is 173 Å². The van der Waals surface area contributed by atoms with Gasteiger partial charge in [-0.2, -0.15) is 0 Å². The van der Waals surface area contributed by atoms with Crippen LogP contribution in [-0.2, 0) is 9.59 Å². The van der Waals surface area contributed by atoms with E-state index in [0.29, 0.717) is 0 Å². The summed E-state index contributed by atoms with van der Waals surface area (Å²) in [5.74, 6) is -2.69. The second-order valence-electron chi connectivity index (χ2n) is 7.44. The largest absolute Gasteiger partial charge is 0.480 e. The summed E-state index contributed by atoms with van der Waals surface area (Å²) >= 11 is 1.21. The Kier molecular flexibility index (Phi) is 4.53. The van der Waals surface area contributed by atoms with E-state index in [-0.39, 0.29) is 5.56 Å². The quantitative estimate of drug-likeness (QED) is 0.399. The number of carboxylic acids is 1. The molecule has 0 spiro atoms. The molecule has 0 unspecified atom stereocenters. The van der Waals surface area contributed by atoms with Crippen LogP contribution in [0.5, 0.6) is 0 Å². The predicted molar refractivity (Wildman–Crippen MR) is 99.3 cm³/mol. The van der Waals surface area contributed by atoms with E-state index in [0.717, 1.165) is 18.2 Å². The van der Waals surface area contributed by atoms with Gasteiger partial charge in [0.15, 0.2) is 0 Å². The summed E-state index contributed by atoms with van der Waals surface area (Å²) in [4.78, 5) is 58.4. The van der Waals surface area contributed by atoms with Gasteiger partial charge in [0.05, 0.1) is 21.5 Å². The minimum atomic E-state index is -1.46. The third-order valence-electron chi connectivity index (χ3n) is 4.97. The number of nitro benzene ring substituents is 2. The fourth-order valence-electron chi connectivity index (χ4n) is 3.58. The lowest BCUT2D eigenvalue weighted by Crippen LogP contribution is -2.78. The zero-order chi connectivity index (χ0) is 21.9. The molecule has 2 saturated heterocycles. The average molecular weight is 424 g/mol. The van der Waals surface area contributed by atoms with Gasteiger partial charge in [0, 0.05) is 16.9 Å². The number of hydrogen-bond donors (Lipinski definition) is 2. The van der Waals surface area contributed by atoms with Gasteiger partial charge in [-0.05, 0) is 20.8 Å². The Morgan fingerprint density at radius 3 is 2.10 bits per heavy atom. The molecule has 0 bridgehead atoms. The number of nitrogens with one attached hydrogen (secondary N) is 1. The number of nitro groups is 2. The Bertz CT molecular complexity index is 947. The highest BCUT2D eigenvalue weighted by atomic mass is 32.2. The summed E-state index contributed by atoms with van der Waals surface area (Å²) < 4.78 is -0.807. The zero-order valence-corrected chi connectivity index (χ0v) is 16.3. The van der Waals surface area contributed by atoms with Crippen molar-refractivity contribution in [2.75, 3.05) is 0 Å². The van der Waals surface area contributed by atoms with Gasteiger partial charge in [-0.3, -0.25) is 29.8 Å². The molecule has 3 rings (SSSR count). The van der Waals surface area contributed by atoms with Crippen molar-refractivity contribution in [3.63, 3.8) is 0 Å². The molecule has 0 radical (unpaired) electrons. The smallest absolute Gasteiger partial charge is 0.327 e. The minimum Gasteiger partial charge on any atom is -0.480 e. The summed E-state index contributed by atoms with van der Waals surface area (Å²) in [6.45, 7) is 4.77. The van der Waals surface area contributed by atoms with Crippen LogP contribution in [0.15, 0.2) is 18.2 Å². The number of benzene rings is 1. The molecule has 13 heteroatoms. The number of carbonyl (C=O) groups is 3. The minimum absolute atomic E-state index is 0.351. The Labute approximate surface area is 167 Å². The summed E-state index contributed by atoms with van der Waals surface area (Å²) in [6.07, 6.45) is 0. The molecule has 0 aromatic heterocycles. The molecule has 1 aromatic carbocycles. The molecule has 0 saturated carbocycles. The van der Waals surface area contributed by atoms with Gasteiger partial charge in [0.25, 0.3) is 23.2 Å². The number of rotatable bonds is 5. The number of non-ortho nitro benzene ring substituents is 2. The Hall–Kier alpha value is -3.22. The summed E-state index contributed by atoms with van der Waals surface area (Å²) in [5, 5.41) is 33.3. The van der Waals surface area contributed by atoms with Crippen LogP contribution in [0.1, 0.15) is 31.1 Å². The fourth-order valence-corrected chi connectivity index (χ4v) is 5.23. The summed E-state index contributed by atoms with van der Waals surface area (Å²) in [5.41, 5.74) is -3.09. The van der Waals surface area contributed by atoms with Gasteiger partial charge in [-0.25, -0.2) is 4.79 Å². The molecule has 2 fully saturated rings. The van der Waals surface area contributed by atoms with E-state index in [1.165, 1.54) is 23.6 Å². The highest BCUT2D eigenvalue weighted by Gasteiger charge is 2.70. The number of nitrogens with zero attached hydrogens (tertiary/aromatic N) is 3. The number of amides is 2. The number of aliphatic carboxylic acids is 1. The van der Waals surface area contributed by atoms with E-state index in [9.17, 15) is 39.7 Å². The number of thioether (sulfide) groups is 1. The highest BCUT2D eigenvalue weighted by Crippen LogP contribution is 2.54. The van der Waals surface area contributed by atoms with Crippen LogP contribution in [0.3, 0.4) is 0 Å². The molecular weight excluding hydrogens is 408 g/mol. The van der Waals surface area contributed by atoms with Crippen molar-refractivity contribution < 1.29 is 29.3 Å². The Balaban J connectivity index is 1.91. The standard InChI is InChI=1S/C16H16N4O8S/c1-15(2)10(12(22)23)18-13(24)16(3,14(18)29-15)17-11(21)7-4-8(19(25)26)6-9(5-7)20(27)28/h4-6,10,14H,1-3H3,(H,17,21)(H,22,23)/t10-,14+,16-/m0/s1. The van der Waals surface area contributed by atoms with Gasteiger partial charge >= 0.3 is 5.97 Å². The van der Waals surface area contributed by atoms with Crippen LogP contribution in [0, 0.1) is 20.2 Å². The van der Waals surface area contributed by atoms with E-state index in [1.807, 2.05) is 0 Å². The number of fused-ring (bicyclic) bond motifs is 1. The lowest BCUT2D eigenvalue weighted by molar-refractivity contribution is -0.394. The van der Waals surface area contributed by atoms with Crippen LogP contribution < -0.4 is 5.32 Å². The normalized spacial score (nSPS) is 27.0. The molecule has 1 aromatic rings. The van der Waals surface area contributed by atoms with Gasteiger partial charge in [-0.15, -0.1) is 11.8 Å². The van der Waals surface area contributed by atoms with Gasteiger partial charge in [-0.1, -0.05) is 0 Å². The molecule has 2 aliphatic rings. The second-order valence-corrected chi connectivity index (χ2v) is 9.17. The van der Waals surface area contributed by atoms with E-state index in [2.05, 4.69) is 5.32 Å². The molecule has 2 N–H and O–H groups in total. The van der Waals surface area contributed by atoms with Gasteiger partial charge in [0.2, 0.25) is 0 Å². The zero-order valence-electron chi connectivity index (χ0n) is 15.4. The molecule has 29 heavy (non-hydrogen) atoms. The third kappa shape index (κ3) is 3.06. The molecule has 2 aliphatic heterocycles. The fraction of sp³-hybridized carbons (Fsp3) is 0.438. The van der Waals surface area contributed by atoms with E-state index < -0.39 is 60.7 Å². The molecule has 0 aliphatic carbocycles. The molecule has 12 nitrogen and oxygen atoms in total. The van der Waals surface area contributed by atoms with Crippen molar-refractivity contribution in [3.05, 3.63) is 44.0 Å². The first kappa shape index (κ1) is 20.5. The average Bonchev–Trinajstić information content (AvgIpc) is 2.90. The molecule has 2 amide bonds. The lowest BCUT2D eigenvalue weighted by atomic mass is 9.86. The van der Waals surface area contributed by atoms with Crippen molar-refractivity contribution in [2.45, 2.75) is 42.5 Å². The first-order valence-electron chi connectivity index (χ1n) is 8.29. The monoisotopic (exact) mass is 424 g/mol. The maximum atomic E-state index is 12.7. The van der Waals surface area contributed by atoms with Crippen molar-refractivity contribution in [1.29, 1.82) is 0 Å². The maximum absolute atomic E-state index is 12.7. The van der Waals surface area contributed by atoms with Crippen molar-refractivity contribution in [1.82, 2.24) is 10.2 Å². The van der Waals surface area contributed by atoms with E-state index in [1.54, 1.807) is 13.8 Å². The van der Waals surface area contributed by atoms with Gasteiger partial charge < -0.3 is 15.3 Å². The van der Waals surface area contributed by atoms with Crippen LogP contribution in [0.2, 0.25) is 0 Å².